The van der Waals surface area contributed by atoms with Crippen LogP contribution in [0.5, 0.6) is 0 Å². The van der Waals surface area contributed by atoms with Crippen LogP contribution in [-0.2, 0) is 7.05 Å². The topological polar surface area (TPSA) is 73.6 Å². The average Bonchev–Trinajstić information content (AvgIpc) is 2.91. The number of aryl methyl sites for hydroxylation is 1. The number of nitrogens with zero attached hydrogens (tertiary/aromatic N) is 4. The summed E-state index contributed by atoms with van der Waals surface area (Å²) in [6, 6.07) is 2.49. The minimum absolute atomic E-state index is 0.0281. The first-order chi connectivity index (χ1) is 12.1. The quantitative estimate of drug-likeness (QED) is 0.824. The summed E-state index contributed by atoms with van der Waals surface area (Å²) >= 11 is 0. The van der Waals surface area contributed by atoms with Gasteiger partial charge in [-0.05, 0) is 39.2 Å². The number of carbonyl (C=O) groups is 1. The molecule has 1 aromatic rings. The molecule has 0 bridgehead atoms. The zero-order chi connectivity index (χ0) is 17.8. The van der Waals surface area contributed by atoms with E-state index in [-0.39, 0.29) is 12.6 Å². The molecule has 2 fully saturated rings. The Morgan fingerprint density at radius 1 is 1.36 bits per heavy atom. The smallest absolute Gasteiger partial charge is 0.323 e. The number of aliphatic hydroxyl groups is 1. The lowest BCUT2D eigenvalue weighted by Crippen LogP contribution is -2.47. The molecule has 0 atom stereocenters. The number of nitrogens with one attached hydrogen (secondary N) is 1. The third-order valence-electron chi connectivity index (χ3n) is 5.70. The summed E-state index contributed by atoms with van der Waals surface area (Å²) in [6.45, 7) is 2.69. The number of carbonyl (C=O) groups excluding carboxylic acids is 1. The molecule has 3 rings (SSSR count). The van der Waals surface area contributed by atoms with Gasteiger partial charge in [-0.15, -0.1) is 0 Å². The minimum atomic E-state index is -0.0281. The maximum Gasteiger partial charge on any atom is 0.323 e. The lowest BCUT2D eigenvalue weighted by Gasteiger charge is -2.36. The van der Waals surface area contributed by atoms with Crippen LogP contribution in [0.1, 0.15) is 50.1 Å². The predicted octanol–water partition coefficient (Wildman–Crippen LogP) is 2.00. The van der Waals surface area contributed by atoms with Gasteiger partial charge in [-0.3, -0.25) is 10.00 Å². The van der Waals surface area contributed by atoms with Gasteiger partial charge >= 0.3 is 6.03 Å². The maximum atomic E-state index is 12.6. The van der Waals surface area contributed by atoms with E-state index < -0.39 is 0 Å². The minimum Gasteiger partial charge on any atom is -0.396 e. The van der Waals surface area contributed by atoms with Gasteiger partial charge in [0.25, 0.3) is 0 Å². The summed E-state index contributed by atoms with van der Waals surface area (Å²) in [5.41, 5.74) is 1.10. The van der Waals surface area contributed by atoms with Crippen molar-refractivity contribution in [3.05, 3.63) is 11.8 Å². The standard InChI is InChI=1S/C18H31N5O2/c1-21(9-4-12-24)15-7-10-23(11-8-15)18(25)19-17-13-16(20-22(17)2)14-5-3-6-14/h13-15,24H,3-12H2,1-2H3,(H,19,25). The Morgan fingerprint density at radius 3 is 2.68 bits per heavy atom. The molecule has 1 saturated heterocycles. The van der Waals surface area contributed by atoms with Crippen LogP contribution >= 0.6 is 0 Å². The molecule has 0 unspecified atom stereocenters. The highest BCUT2D eigenvalue weighted by atomic mass is 16.3. The summed E-state index contributed by atoms with van der Waals surface area (Å²) < 4.78 is 1.78. The van der Waals surface area contributed by atoms with Crippen molar-refractivity contribution in [1.82, 2.24) is 19.6 Å². The van der Waals surface area contributed by atoms with E-state index in [1.807, 2.05) is 18.0 Å². The Morgan fingerprint density at radius 2 is 2.08 bits per heavy atom. The van der Waals surface area contributed by atoms with Gasteiger partial charge < -0.3 is 14.9 Å². The molecule has 1 aliphatic heterocycles. The molecule has 1 aromatic heterocycles. The molecule has 1 aliphatic carbocycles. The molecular formula is C18H31N5O2. The number of likely N-dealkylation sites (tertiary alicyclic amines) is 1. The molecule has 0 radical (unpaired) electrons. The first-order valence-corrected chi connectivity index (χ1v) is 9.49. The van der Waals surface area contributed by atoms with Crippen LogP contribution in [-0.4, -0.2) is 70.0 Å². The lowest BCUT2D eigenvalue weighted by atomic mass is 9.83. The number of aliphatic hydroxyl groups excluding tert-OH is 1. The monoisotopic (exact) mass is 349 g/mol. The van der Waals surface area contributed by atoms with Gasteiger partial charge in [0.15, 0.2) is 0 Å². The predicted molar refractivity (Wildman–Crippen MR) is 97.7 cm³/mol. The van der Waals surface area contributed by atoms with E-state index in [0.29, 0.717) is 12.0 Å². The van der Waals surface area contributed by atoms with Crippen LogP contribution < -0.4 is 5.32 Å². The molecular weight excluding hydrogens is 318 g/mol. The van der Waals surface area contributed by atoms with Crippen LogP contribution in [0.4, 0.5) is 10.6 Å². The van der Waals surface area contributed by atoms with Gasteiger partial charge in [0.2, 0.25) is 0 Å². The molecule has 2 N–H and O–H groups in total. The maximum absolute atomic E-state index is 12.6. The fourth-order valence-corrected chi connectivity index (χ4v) is 3.71. The second kappa shape index (κ2) is 8.19. The normalized spacial score (nSPS) is 19.3. The van der Waals surface area contributed by atoms with E-state index >= 15 is 0 Å². The molecule has 7 nitrogen and oxygen atoms in total. The van der Waals surface area contributed by atoms with Crippen LogP contribution in [0.2, 0.25) is 0 Å². The molecule has 25 heavy (non-hydrogen) atoms. The van der Waals surface area contributed by atoms with Crippen molar-refractivity contribution in [3.8, 4) is 0 Å². The second-order valence-corrected chi connectivity index (χ2v) is 7.41. The Labute approximate surface area is 150 Å². The van der Waals surface area contributed by atoms with E-state index in [4.69, 9.17) is 5.11 Å². The highest BCUT2D eigenvalue weighted by Gasteiger charge is 2.27. The third kappa shape index (κ3) is 4.33. The fraction of sp³-hybridized carbons (Fsp3) is 0.778. The molecule has 7 heteroatoms. The SMILES string of the molecule is CN(CCCO)C1CCN(C(=O)Nc2cc(C3CCC3)nn2C)CC1. The zero-order valence-corrected chi connectivity index (χ0v) is 15.4. The van der Waals surface area contributed by atoms with Gasteiger partial charge in [-0.2, -0.15) is 5.10 Å². The molecule has 0 spiro atoms. The van der Waals surface area contributed by atoms with E-state index in [0.717, 1.165) is 50.4 Å². The Balaban J connectivity index is 1.49. The van der Waals surface area contributed by atoms with Crippen molar-refractivity contribution in [2.24, 2.45) is 7.05 Å². The number of hydrogen-bond acceptors (Lipinski definition) is 4. The number of amides is 2. The van der Waals surface area contributed by atoms with Gasteiger partial charge in [-0.25, -0.2) is 4.79 Å². The number of aromatic nitrogens is 2. The van der Waals surface area contributed by atoms with Crippen LogP contribution in [0.3, 0.4) is 0 Å². The summed E-state index contributed by atoms with van der Waals surface area (Å²) in [4.78, 5) is 16.8. The van der Waals surface area contributed by atoms with Crippen LogP contribution in [0.25, 0.3) is 0 Å². The third-order valence-corrected chi connectivity index (χ3v) is 5.70. The van der Waals surface area contributed by atoms with Crippen molar-refractivity contribution in [2.45, 2.75) is 50.5 Å². The number of rotatable bonds is 6. The summed E-state index contributed by atoms with van der Waals surface area (Å²) in [7, 11) is 3.99. The molecule has 140 valence electrons. The first kappa shape index (κ1) is 18.2. The fourth-order valence-electron chi connectivity index (χ4n) is 3.71. The van der Waals surface area contributed by atoms with Gasteiger partial charge in [0.1, 0.15) is 5.82 Å². The van der Waals surface area contributed by atoms with Crippen LogP contribution in [0, 0.1) is 0 Å². The molecule has 2 heterocycles. The summed E-state index contributed by atoms with van der Waals surface area (Å²) in [6.07, 6.45) is 6.47. The van der Waals surface area contributed by atoms with Gasteiger partial charge in [-0.1, -0.05) is 6.42 Å². The van der Waals surface area contributed by atoms with E-state index in [9.17, 15) is 4.79 Å². The van der Waals surface area contributed by atoms with E-state index in [1.165, 1.54) is 19.3 Å². The molecule has 0 aromatic carbocycles. The summed E-state index contributed by atoms with van der Waals surface area (Å²) in [5.74, 6) is 1.36. The largest absolute Gasteiger partial charge is 0.396 e. The zero-order valence-electron chi connectivity index (χ0n) is 15.4. The van der Waals surface area contributed by atoms with Crippen molar-refractivity contribution in [2.75, 3.05) is 38.6 Å². The number of urea groups is 1. The highest BCUT2D eigenvalue weighted by Crippen LogP contribution is 2.36. The highest BCUT2D eigenvalue weighted by molar-refractivity contribution is 5.88. The Bertz CT molecular complexity index is 576. The number of piperidine rings is 1. The Hall–Kier alpha value is -1.60. The van der Waals surface area contributed by atoms with Crippen molar-refractivity contribution in [1.29, 1.82) is 0 Å². The summed E-state index contributed by atoms with van der Waals surface area (Å²) in [5, 5.41) is 16.5. The molecule has 2 amide bonds. The van der Waals surface area contributed by atoms with Crippen molar-refractivity contribution in [3.63, 3.8) is 0 Å². The number of anilines is 1. The van der Waals surface area contributed by atoms with E-state index in [2.05, 4.69) is 22.4 Å². The van der Waals surface area contributed by atoms with Crippen molar-refractivity contribution >= 4 is 11.8 Å². The second-order valence-electron chi connectivity index (χ2n) is 7.41. The van der Waals surface area contributed by atoms with Gasteiger partial charge in [0.05, 0.1) is 5.69 Å². The van der Waals surface area contributed by atoms with E-state index in [1.54, 1.807) is 4.68 Å². The van der Waals surface area contributed by atoms with Crippen LogP contribution in [0.15, 0.2) is 6.07 Å². The lowest BCUT2D eigenvalue weighted by molar-refractivity contribution is 0.134. The van der Waals surface area contributed by atoms with Gasteiger partial charge in [0, 0.05) is 51.3 Å². The first-order valence-electron chi connectivity index (χ1n) is 9.49. The number of hydrogen-bond donors (Lipinski definition) is 2. The average molecular weight is 349 g/mol. The van der Waals surface area contributed by atoms with Crippen molar-refractivity contribution < 1.29 is 9.90 Å². The Kier molecular flexibility index (Phi) is 5.96. The molecule has 1 saturated carbocycles. The molecule has 2 aliphatic rings.